The molecule has 23 heavy (non-hydrogen) atoms. The van der Waals surface area contributed by atoms with E-state index in [1.54, 1.807) is 12.1 Å². The molecule has 4 rings (SSSR count). The Balaban J connectivity index is 1.59. The maximum absolute atomic E-state index is 12.8. The van der Waals surface area contributed by atoms with Crippen LogP contribution in [0, 0.1) is 0 Å². The molecule has 2 atom stereocenters. The zero-order valence-corrected chi connectivity index (χ0v) is 12.9. The Labute approximate surface area is 133 Å². The zero-order chi connectivity index (χ0) is 15.8. The smallest absolute Gasteiger partial charge is 0.408 e. The number of hydrogen-bond donors (Lipinski definition) is 0. The summed E-state index contributed by atoms with van der Waals surface area (Å²) in [6.45, 7) is 1.21. The molecule has 1 aromatic heterocycles. The van der Waals surface area contributed by atoms with Gasteiger partial charge in [-0.25, -0.2) is 4.79 Å². The fourth-order valence-electron chi connectivity index (χ4n) is 3.80. The van der Waals surface area contributed by atoms with Gasteiger partial charge in [0.1, 0.15) is 6.54 Å². The number of oxazole rings is 1. The molecule has 122 valence electrons. The van der Waals surface area contributed by atoms with Gasteiger partial charge in [-0.1, -0.05) is 25.0 Å². The molecule has 0 bridgehead atoms. The largest absolute Gasteiger partial charge is 0.420 e. The minimum absolute atomic E-state index is 0.0269. The number of morpholine rings is 1. The Kier molecular flexibility index (Phi) is 3.69. The van der Waals surface area contributed by atoms with E-state index in [0.29, 0.717) is 24.3 Å². The molecule has 1 aliphatic carbocycles. The minimum atomic E-state index is -0.479. The van der Waals surface area contributed by atoms with E-state index in [2.05, 4.69) is 0 Å². The van der Waals surface area contributed by atoms with Gasteiger partial charge in [-0.15, -0.1) is 0 Å². The molecule has 2 aromatic rings. The quantitative estimate of drug-likeness (QED) is 0.847. The highest BCUT2D eigenvalue weighted by Crippen LogP contribution is 2.28. The van der Waals surface area contributed by atoms with Crippen LogP contribution >= 0.6 is 0 Å². The molecule has 1 saturated carbocycles. The molecule has 1 aliphatic heterocycles. The van der Waals surface area contributed by atoms with Gasteiger partial charge >= 0.3 is 5.76 Å². The highest BCUT2D eigenvalue weighted by Gasteiger charge is 2.36. The SMILES string of the molecule is O=C(Cn1c(=O)oc2ccccc21)N1CCO[C@@H]2CCCC[C@@H]21. The Morgan fingerprint density at radius 2 is 2.04 bits per heavy atom. The maximum Gasteiger partial charge on any atom is 0.420 e. The van der Waals surface area contributed by atoms with E-state index in [0.717, 1.165) is 25.7 Å². The lowest BCUT2D eigenvalue weighted by Crippen LogP contribution is -2.55. The number of ether oxygens (including phenoxy) is 1. The fraction of sp³-hybridized carbons (Fsp3) is 0.529. The Bertz CT molecular complexity index is 776. The molecule has 0 unspecified atom stereocenters. The summed E-state index contributed by atoms with van der Waals surface area (Å²) >= 11 is 0. The van der Waals surface area contributed by atoms with Crippen LogP contribution in [0.4, 0.5) is 0 Å². The van der Waals surface area contributed by atoms with Crippen molar-refractivity contribution in [1.29, 1.82) is 0 Å². The Morgan fingerprint density at radius 1 is 1.22 bits per heavy atom. The highest BCUT2D eigenvalue weighted by molar-refractivity contribution is 5.80. The van der Waals surface area contributed by atoms with E-state index in [1.807, 2.05) is 17.0 Å². The summed E-state index contributed by atoms with van der Waals surface area (Å²) in [6.07, 6.45) is 4.44. The second kappa shape index (κ2) is 5.85. The molecule has 0 spiro atoms. The van der Waals surface area contributed by atoms with Gasteiger partial charge in [-0.2, -0.15) is 0 Å². The zero-order valence-electron chi connectivity index (χ0n) is 12.9. The summed E-state index contributed by atoms with van der Waals surface area (Å²) < 4.78 is 12.4. The Morgan fingerprint density at radius 3 is 2.96 bits per heavy atom. The topological polar surface area (TPSA) is 64.7 Å². The van der Waals surface area contributed by atoms with Gasteiger partial charge in [-0.3, -0.25) is 9.36 Å². The number of carbonyl (C=O) groups is 1. The van der Waals surface area contributed by atoms with Gasteiger partial charge < -0.3 is 14.1 Å². The highest BCUT2D eigenvalue weighted by atomic mass is 16.5. The van der Waals surface area contributed by atoms with Gasteiger partial charge in [0.15, 0.2) is 5.58 Å². The van der Waals surface area contributed by atoms with Gasteiger partial charge in [0.25, 0.3) is 0 Å². The van der Waals surface area contributed by atoms with Crippen molar-refractivity contribution in [3.05, 3.63) is 34.8 Å². The first-order valence-electron chi connectivity index (χ1n) is 8.23. The molecule has 0 radical (unpaired) electrons. The Hall–Kier alpha value is -2.08. The lowest BCUT2D eigenvalue weighted by Gasteiger charge is -2.43. The summed E-state index contributed by atoms with van der Waals surface area (Å²) in [5.41, 5.74) is 1.18. The fourth-order valence-corrected chi connectivity index (χ4v) is 3.80. The monoisotopic (exact) mass is 316 g/mol. The summed E-state index contributed by atoms with van der Waals surface area (Å²) in [7, 11) is 0. The average Bonchev–Trinajstić information content (AvgIpc) is 2.90. The van der Waals surface area contributed by atoms with E-state index >= 15 is 0 Å². The third kappa shape index (κ3) is 2.57. The molecule has 1 amide bonds. The normalized spacial score (nSPS) is 24.6. The van der Waals surface area contributed by atoms with Crippen molar-refractivity contribution in [1.82, 2.24) is 9.47 Å². The van der Waals surface area contributed by atoms with Crippen LogP contribution in [0.15, 0.2) is 33.5 Å². The molecular formula is C17H20N2O4. The van der Waals surface area contributed by atoms with E-state index in [4.69, 9.17) is 9.15 Å². The number of carbonyl (C=O) groups excluding carboxylic acids is 1. The molecule has 2 heterocycles. The predicted octanol–water partition coefficient (Wildman–Crippen LogP) is 1.76. The number of amides is 1. The van der Waals surface area contributed by atoms with Crippen LogP contribution in [0.2, 0.25) is 0 Å². The number of rotatable bonds is 2. The molecule has 2 fully saturated rings. The number of para-hydroxylation sites is 2. The van der Waals surface area contributed by atoms with Crippen molar-refractivity contribution in [2.45, 2.75) is 44.4 Å². The van der Waals surface area contributed by atoms with E-state index in [9.17, 15) is 9.59 Å². The van der Waals surface area contributed by atoms with Gasteiger partial charge in [0, 0.05) is 6.54 Å². The van der Waals surface area contributed by atoms with Crippen molar-refractivity contribution in [2.75, 3.05) is 13.2 Å². The summed E-state index contributed by atoms with van der Waals surface area (Å²) in [5.74, 6) is -0.508. The molecule has 0 N–H and O–H groups in total. The average molecular weight is 316 g/mol. The summed E-state index contributed by atoms with van der Waals surface area (Å²) in [4.78, 5) is 26.7. The third-order valence-corrected chi connectivity index (χ3v) is 4.92. The van der Waals surface area contributed by atoms with Crippen molar-refractivity contribution in [3.63, 3.8) is 0 Å². The number of fused-ring (bicyclic) bond motifs is 2. The van der Waals surface area contributed by atoms with E-state index < -0.39 is 5.76 Å². The summed E-state index contributed by atoms with van der Waals surface area (Å²) in [6, 6.07) is 7.34. The van der Waals surface area contributed by atoms with Crippen LogP contribution in [-0.4, -0.2) is 40.7 Å². The molecule has 1 aromatic carbocycles. The van der Waals surface area contributed by atoms with Crippen LogP contribution < -0.4 is 5.76 Å². The van der Waals surface area contributed by atoms with Crippen molar-refractivity contribution < 1.29 is 13.9 Å². The van der Waals surface area contributed by atoms with Crippen molar-refractivity contribution >= 4 is 17.0 Å². The third-order valence-electron chi connectivity index (χ3n) is 4.92. The first kappa shape index (κ1) is 14.5. The number of benzene rings is 1. The van der Waals surface area contributed by atoms with Crippen LogP contribution in [0.5, 0.6) is 0 Å². The first-order valence-corrected chi connectivity index (χ1v) is 8.23. The van der Waals surface area contributed by atoms with Gasteiger partial charge in [0.05, 0.1) is 24.3 Å². The second-order valence-electron chi connectivity index (χ2n) is 6.27. The molecule has 1 saturated heterocycles. The minimum Gasteiger partial charge on any atom is -0.408 e. The van der Waals surface area contributed by atoms with Crippen LogP contribution in [-0.2, 0) is 16.1 Å². The van der Waals surface area contributed by atoms with Crippen molar-refractivity contribution in [3.8, 4) is 0 Å². The number of aromatic nitrogens is 1. The predicted molar refractivity (Wildman–Crippen MR) is 84.2 cm³/mol. The lowest BCUT2D eigenvalue weighted by atomic mass is 9.90. The number of nitrogens with zero attached hydrogens (tertiary/aromatic N) is 2. The standard InChI is InChI=1S/C17H20N2O4/c20-16(18-9-10-22-14-7-3-1-5-12(14)18)11-19-13-6-2-4-8-15(13)23-17(19)21/h2,4,6,8,12,14H,1,3,5,7,9-11H2/t12-,14+/m0/s1. The van der Waals surface area contributed by atoms with E-state index in [-0.39, 0.29) is 24.6 Å². The van der Waals surface area contributed by atoms with E-state index in [1.165, 1.54) is 4.57 Å². The summed E-state index contributed by atoms with van der Waals surface area (Å²) in [5, 5.41) is 0. The van der Waals surface area contributed by atoms with Crippen molar-refractivity contribution in [2.24, 2.45) is 0 Å². The van der Waals surface area contributed by atoms with Gasteiger partial charge in [0.2, 0.25) is 5.91 Å². The molecule has 6 nitrogen and oxygen atoms in total. The maximum atomic E-state index is 12.8. The number of hydrogen-bond acceptors (Lipinski definition) is 4. The van der Waals surface area contributed by atoms with Gasteiger partial charge in [-0.05, 0) is 25.0 Å². The molecular weight excluding hydrogens is 296 g/mol. The lowest BCUT2D eigenvalue weighted by molar-refractivity contribution is -0.150. The molecule has 2 aliphatic rings. The van der Waals surface area contributed by atoms with Crippen LogP contribution in [0.3, 0.4) is 0 Å². The molecule has 6 heteroatoms. The first-order chi connectivity index (χ1) is 11.2. The van der Waals surface area contributed by atoms with Crippen LogP contribution in [0.25, 0.3) is 11.1 Å². The van der Waals surface area contributed by atoms with Crippen LogP contribution in [0.1, 0.15) is 25.7 Å². The second-order valence-corrected chi connectivity index (χ2v) is 6.27.